The lowest BCUT2D eigenvalue weighted by Gasteiger charge is -2.13. The first-order valence-electron chi connectivity index (χ1n) is 8.68. The molecule has 0 spiro atoms. The minimum atomic E-state index is -4.36. The van der Waals surface area contributed by atoms with Crippen molar-refractivity contribution in [2.24, 2.45) is 4.99 Å². The summed E-state index contributed by atoms with van der Waals surface area (Å²) in [7, 11) is 1.63. The molecule has 148 valence electrons. The van der Waals surface area contributed by atoms with Crippen LogP contribution in [0.15, 0.2) is 52.1 Å². The summed E-state index contributed by atoms with van der Waals surface area (Å²) in [5, 5.41) is 6.32. The van der Waals surface area contributed by atoms with Crippen LogP contribution in [0.25, 0.3) is 0 Å². The highest BCUT2D eigenvalue weighted by Crippen LogP contribution is 2.29. The first kappa shape index (κ1) is 20.8. The largest absolute Gasteiger partial charge is 0.469 e. The average Bonchev–Trinajstić information content (AvgIpc) is 3.15. The summed E-state index contributed by atoms with van der Waals surface area (Å²) in [6.07, 6.45) is -1.28. The van der Waals surface area contributed by atoms with Crippen molar-refractivity contribution in [1.29, 1.82) is 0 Å². The molecule has 0 radical (unpaired) electrons. The third-order valence-electron chi connectivity index (χ3n) is 3.74. The maximum Gasteiger partial charge on any atom is 0.416 e. The van der Waals surface area contributed by atoms with Gasteiger partial charge in [0.1, 0.15) is 5.76 Å². The Kier molecular flexibility index (Phi) is 8.19. The molecule has 0 fully saturated rings. The Bertz CT molecular complexity index is 700. The molecule has 8 heteroatoms. The van der Waals surface area contributed by atoms with Crippen LogP contribution in [0.3, 0.4) is 0 Å². The van der Waals surface area contributed by atoms with E-state index in [2.05, 4.69) is 15.6 Å². The molecule has 2 rings (SSSR count). The van der Waals surface area contributed by atoms with Gasteiger partial charge >= 0.3 is 6.18 Å². The number of hydrogen-bond acceptors (Lipinski definition) is 3. The Morgan fingerprint density at radius 1 is 1.15 bits per heavy atom. The molecule has 0 amide bonds. The Balaban J connectivity index is 1.95. The number of hydrogen-bond donors (Lipinski definition) is 2. The predicted octanol–water partition coefficient (Wildman–Crippen LogP) is 3.61. The van der Waals surface area contributed by atoms with Gasteiger partial charge < -0.3 is 19.8 Å². The first-order chi connectivity index (χ1) is 13.0. The Labute approximate surface area is 156 Å². The molecule has 2 aromatic rings. The molecule has 0 atom stereocenters. The fourth-order valence-corrected chi connectivity index (χ4v) is 2.37. The number of nitrogens with zero attached hydrogens (tertiary/aromatic N) is 1. The molecule has 2 N–H and O–H groups in total. The second kappa shape index (κ2) is 10.6. The van der Waals surface area contributed by atoms with Gasteiger partial charge in [0.05, 0.1) is 18.4 Å². The Morgan fingerprint density at radius 3 is 2.67 bits per heavy atom. The molecule has 0 unspecified atom stereocenters. The van der Waals surface area contributed by atoms with Crippen molar-refractivity contribution in [3.8, 4) is 0 Å². The maximum absolute atomic E-state index is 12.8. The summed E-state index contributed by atoms with van der Waals surface area (Å²) < 4.78 is 48.8. The first-order valence-corrected chi connectivity index (χ1v) is 8.68. The molecular formula is C19H24F3N3O2. The van der Waals surface area contributed by atoms with Crippen molar-refractivity contribution >= 4 is 5.96 Å². The number of rotatable bonds is 9. The van der Waals surface area contributed by atoms with E-state index in [1.54, 1.807) is 19.4 Å². The predicted molar refractivity (Wildman–Crippen MR) is 97.5 cm³/mol. The lowest BCUT2D eigenvalue weighted by atomic mass is 10.1. The smallest absolute Gasteiger partial charge is 0.416 e. The van der Waals surface area contributed by atoms with Gasteiger partial charge in [0.15, 0.2) is 5.96 Å². The highest BCUT2D eigenvalue weighted by atomic mass is 19.4. The standard InChI is InChI=1S/C19H24F3N3O2/c1-26-11-4-9-23-18(24-10-8-17-7-3-12-27-17)25-14-15-5-2-6-16(13-15)19(20,21)22/h2-3,5-7,12-13H,4,8-11,14H2,1H3,(H2,23,24,25). The van der Waals surface area contributed by atoms with Crippen molar-refractivity contribution in [3.05, 3.63) is 59.5 Å². The lowest BCUT2D eigenvalue weighted by Crippen LogP contribution is -2.39. The summed E-state index contributed by atoms with van der Waals surface area (Å²) in [6, 6.07) is 8.90. The van der Waals surface area contributed by atoms with Crippen LogP contribution in [0.2, 0.25) is 0 Å². The lowest BCUT2D eigenvalue weighted by molar-refractivity contribution is -0.137. The van der Waals surface area contributed by atoms with E-state index in [0.717, 1.165) is 24.3 Å². The monoisotopic (exact) mass is 383 g/mol. The van der Waals surface area contributed by atoms with Gasteiger partial charge in [-0.2, -0.15) is 13.2 Å². The highest BCUT2D eigenvalue weighted by molar-refractivity contribution is 5.79. The fraction of sp³-hybridized carbons (Fsp3) is 0.421. The molecule has 0 saturated heterocycles. The summed E-state index contributed by atoms with van der Waals surface area (Å²) in [5.41, 5.74) is -0.176. The van der Waals surface area contributed by atoms with E-state index >= 15 is 0 Å². The van der Waals surface area contributed by atoms with Crippen LogP contribution in [-0.2, 0) is 23.9 Å². The van der Waals surface area contributed by atoms with E-state index < -0.39 is 11.7 Å². The normalized spacial score (nSPS) is 12.2. The molecule has 0 aliphatic carbocycles. The van der Waals surface area contributed by atoms with Crippen LogP contribution < -0.4 is 10.6 Å². The van der Waals surface area contributed by atoms with Crippen LogP contribution in [-0.4, -0.2) is 32.8 Å². The number of benzene rings is 1. The van der Waals surface area contributed by atoms with Crippen molar-refractivity contribution < 1.29 is 22.3 Å². The number of ether oxygens (including phenoxy) is 1. The number of nitrogens with one attached hydrogen (secondary N) is 2. The third kappa shape index (κ3) is 7.74. The molecule has 1 heterocycles. The van der Waals surface area contributed by atoms with E-state index in [4.69, 9.17) is 9.15 Å². The average molecular weight is 383 g/mol. The number of guanidine groups is 1. The zero-order chi connectivity index (χ0) is 19.5. The van der Waals surface area contributed by atoms with Gasteiger partial charge in [-0.15, -0.1) is 0 Å². The number of methoxy groups -OCH3 is 1. The number of aliphatic imine (C=N–C) groups is 1. The van der Waals surface area contributed by atoms with Crippen LogP contribution in [0.1, 0.15) is 23.3 Å². The summed E-state index contributed by atoms with van der Waals surface area (Å²) in [5.74, 6) is 1.38. The van der Waals surface area contributed by atoms with Gasteiger partial charge in [0.2, 0.25) is 0 Å². The van der Waals surface area contributed by atoms with E-state index in [1.165, 1.54) is 6.07 Å². The Hall–Kier alpha value is -2.48. The third-order valence-corrected chi connectivity index (χ3v) is 3.74. The van der Waals surface area contributed by atoms with Crippen molar-refractivity contribution in [3.63, 3.8) is 0 Å². The second-order valence-electron chi connectivity index (χ2n) is 5.89. The van der Waals surface area contributed by atoms with Crippen LogP contribution >= 0.6 is 0 Å². The molecular weight excluding hydrogens is 359 g/mol. The SMILES string of the molecule is COCCCNC(=NCc1cccc(C(F)(F)F)c1)NCCc1ccco1. The molecule has 1 aromatic carbocycles. The van der Waals surface area contributed by atoms with Gasteiger partial charge in [0.25, 0.3) is 0 Å². The molecule has 0 aliphatic rings. The molecule has 27 heavy (non-hydrogen) atoms. The second-order valence-corrected chi connectivity index (χ2v) is 5.89. The molecule has 0 saturated carbocycles. The van der Waals surface area contributed by atoms with Gasteiger partial charge in [-0.3, -0.25) is 0 Å². The number of alkyl halides is 3. The minimum Gasteiger partial charge on any atom is -0.469 e. The Morgan fingerprint density at radius 2 is 1.96 bits per heavy atom. The summed E-state index contributed by atoms with van der Waals surface area (Å²) in [4.78, 5) is 4.39. The number of halogens is 3. The van der Waals surface area contributed by atoms with E-state index in [-0.39, 0.29) is 6.54 Å². The van der Waals surface area contributed by atoms with Gasteiger partial charge in [-0.25, -0.2) is 4.99 Å². The highest BCUT2D eigenvalue weighted by Gasteiger charge is 2.30. The molecule has 1 aromatic heterocycles. The number of furan rings is 1. The van der Waals surface area contributed by atoms with E-state index in [1.807, 2.05) is 12.1 Å². The molecule has 0 aliphatic heterocycles. The van der Waals surface area contributed by atoms with Crippen molar-refractivity contribution in [2.75, 3.05) is 26.8 Å². The van der Waals surface area contributed by atoms with E-state index in [0.29, 0.717) is 37.6 Å². The van der Waals surface area contributed by atoms with Crippen LogP contribution in [0.4, 0.5) is 13.2 Å². The fourth-order valence-electron chi connectivity index (χ4n) is 2.37. The van der Waals surface area contributed by atoms with Gasteiger partial charge in [-0.05, 0) is 36.2 Å². The maximum atomic E-state index is 12.8. The van der Waals surface area contributed by atoms with Crippen molar-refractivity contribution in [1.82, 2.24) is 10.6 Å². The quantitative estimate of drug-likeness (QED) is 0.395. The minimum absolute atomic E-state index is 0.143. The molecule has 5 nitrogen and oxygen atoms in total. The zero-order valence-corrected chi connectivity index (χ0v) is 15.2. The summed E-state index contributed by atoms with van der Waals surface area (Å²) in [6.45, 7) is 1.99. The van der Waals surface area contributed by atoms with E-state index in [9.17, 15) is 13.2 Å². The van der Waals surface area contributed by atoms with Crippen LogP contribution in [0.5, 0.6) is 0 Å². The van der Waals surface area contributed by atoms with Crippen LogP contribution in [0, 0.1) is 0 Å². The van der Waals surface area contributed by atoms with Gasteiger partial charge in [-0.1, -0.05) is 12.1 Å². The van der Waals surface area contributed by atoms with Crippen molar-refractivity contribution in [2.45, 2.75) is 25.6 Å². The van der Waals surface area contributed by atoms with Gasteiger partial charge in [0, 0.05) is 33.2 Å². The molecule has 0 bridgehead atoms. The topological polar surface area (TPSA) is 58.8 Å². The summed E-state index contributed by atoms with van der Waals surface area (Å²) >= 11 is 0. The zero-order valence-electron chi connectivity index (χ0n) is 15.2.